The number of hydrogen-bond donors (Lipinski definition) is 0. The molecule has 1 unspecified atom stereocenters. The molecule has 1 atom stereocenters. The van der Waals surface area contributed by atoms with Crippen molar-refractivity contribution in [1.82, 2.24) is 0 Å². The van der Waals surface area contributed by atoms with Gasteiger partial charge in [0, 0.05) is 11.1 Å². The fourth-order valence-electron chi connectivity index (χ4n) is 0.471. The monoisotopic (exact) mass is 166 g/mol. The van der Waals surface area contributed by atoms with E-state index in [1.807, 2.05) is 0 Å². The van der Waals surface area contributed by atoms with E-state index in [4.69, 9.17) is 0 Å². The van der Waals surface area contributed by atoms with Gasteiger partial charge >= 0.3 is 0 Å². The van der Waals surface area contributed by atoms with Crippen molar-refractivity contribution in [2.24, 2.45) is 0 Å². The Morgan fingerprint density at radius 2 is 2.22 bits per heavy atom. The SMILES string of the molecule is FC1=C(F)SC(P)=CC1. The minimum Gasteiger partial charge on any atom is -0.208 e. The highest BCUT2D eigenvalue weighted by molar-refractivity contribution is 8.10. The molecule has 0 saturated heterocycles. The first-order valence-electron chi connectivity index (χ1n) is 2.38. The van der Waals surface area contributed by atoms with Crippen molar-refractivity contribution in [3.05, 3.63) is 21.7 Å². The minimum absolute atomic E-state index is 0.0949. The van der Waals surface area contributed by atoms with Gasteiger partial charge in [0.05, 0.1) is 0 Å². The third-order valence-corrected chi connectivity index (χ3v) is 2.30. The van der Waals surface area contributed by atoms with Crippen LogP contribution in [0.15, 0.2) is 21.7 Å². The van der Waals surface area contributed by atoms with Gasteiger partial charge in [0.15, 0.2) is 5.16 Å². The van der Waals surface area contributed by atoms with Crippen molar-refractivity contribution in [3.63, 3.8) is 0 Å². The van der Waals surface area contributed by atoms with Crippen LogP contribution in [-0.4, -0.2) is 0 Å². The van der Waals surface area contributed by atoms with Crippen LogP contribution in [0.25, 0.3) is 0 Å². The lowest BCUT2D eigenvalue weighted by Gasteiger charge is -2.04. The van der Waals surface area contributed by atoms with E-state index in [-0.39, 0.29) is 6.42 Å². The van der Waals surface area contributed by atoms with E-state index >= 15 is 0 Å². The molecule has 0 N–H and O–H groups in total. The van der Waals surface area contributed by atoms with E-state index in [2.05, 4.69) is 9.24 Å². The van der Waals surface area contributed by atoms with E-state index in [1.165, 1.54) is 0 Å². The molecule has 50 valence electrons. The summed E-state index contributed by atoms with van der Waals surface area (Å²) in [7, 11) is 2.33. The topological polar surface area (TPSA) is 0 Å². The predicted octanol–water partition coefficient (Wildman–Crippen LogP) is 2.95. The Bertz CT molecular complexity index is 185. The second kappa shape index (κ2) is 2.80. The van der Waals surface area contributed by atoms with Crippen molar-refractivity contribution in [2.45, 2.75) is 6.42 Å². The Balaban J connectivity index is 2.70. The summed E-state index contributed by atoms with van der Waals surface area (Å²) in [6.45, 7) is 0. The first-order valence-corrected chi connectivity index (χ1v) is 3.77. The van der Waals surface area contributed by atoms with Crippen LogP contribution in [0.3, 0.4) is 0 Å². The quantitative estimate of drug-likeness (QED) is 0.498. The van der Waals surface area contributed by atoms with Crippen molar-refractivity contribution in [2.75, 3.05) is 0 Å². The third kappa shape index (κ3) is 1.77. The molecule has 0 saturated carbocycles. The summed E-state index contributed by atoms with van der Waals surface area (Å²) in [5, 5.41) is -0.706. The molecule has 1 heterocycles. The summed E-state index contributed by atoms with van der Waals surface area (Å²) in [4.78, 5) is 0. The predicted molar refractivity (Wildman–Crippen MR) is 39.2 cm³/mol. The molecule has 0 fully saturated rings. The van der Waals surface area contributed by atoms with Gasteiger partial charge in [-0.1, -0.05) is 27.1 Å². The number of halogens is 2. The zero-order chi connectivity index (χ0) is 6.85. The van der Waals surface area contributed by atoms with Crippen molar-refractivity contribution in [1.29, 1.82) is 0 Å². The van der Waals surface area contributed by atoms with Crippen LogP contribution in [0.4, 0.5) is 8.78 Å². The molecular formula is C5H5F2PS. The average Bonchev–Trinajstić information content (AvgIpc) is 1.80. The van der Waals surface area contributed by atoms with Gasteiger partial charge in [-0.3, -0.25) is 0 Å². The zero-order valence-electron chi connectivity index (χ0n) is 4.53. The first-order chi connectivity index (χ1) is 4.20. The van der Waals surface area contributed by atoms with Crippen molar-refractivity contribution >= 4 is 21.0 Å². The molecule has 1 aliphatic heterocycles. The summed E-state index contributed by atoms with van der Waals surface area (Å²) in [6, 6.07) is 0. The summed E-state index contributed by atoms with van der Waals surface area (Å²) in [5.41, 5.74) is 0. The molecule has 9 heavy (non-hydrogen) atoms. The Morgan fingerprint density at radius 1 is 1.56 bits per heavy atom. The standard InChI is InChI=1S/C5H5F2PS/c6-3-1-2-4(8)9-5(3)7/h2H,1,8H2. The van der Waals surface area contributed by atoms with Crippen LogP contribution in [0.1, 0.15) is 6.42 Å². The average molecular weight is 166 g/mol. The van der Waals surface area contributed by atoms with Gasteiger partial charge < -0.3 is 0 Å². The zero-order valence-corrected chi connectivity index (χ0v) is 6.50. The van der Waals surface area contributed by atoms with Gasteiger partial charge in [-0.15, -0.1) is 0 Å². The summed E-state index contributed by atoms with van der Waals surface area (Å²) >= 11 is 0.811. The van der Waals surface area contributed by atoms with Crippen LogP contribution in [0.5, 0.6) is 0 Å². The molecule has 0 spiro atoms. The molecule has 4 heteroatoms. The van der Waals surface area contributed by atoms with Gasteiger partial charge in [0.2, 0.25) is 0 Å². The highest BCUT2D eigenvalue weighted by Crippen LogP contribution is 2.38. The second-order valence-electron chi connectivity index (χ2n) is 1.59. The van der Waals surface area contributed by atoms with E-state index in [0.717, 1.165) is 16.4 Å². The van der Waals surface area contributed by atoms with Crippen LogP contribution in [0.2, 0.25) is 0 Å². The minimum atomic E-state index is -0.706. The molecule has 0 aliphatic carbocycles. The lowest BCUT2D eigenvalue weighted by Crippen LogP contribution is -1.81. The van der Waals surface area contributed by atoms with Crippen LogP contribution in [-0.2, 0) is 0 Å². The molecule has 1 aliphatic rings. The molecule has 0 bridgehead atoms. The lowest BCUT2D eigenvalue weighted by molar-refractivity contribution is 0.556. The highest BCUT2D eigenvalue weighted by Gasteiger charge is 2.11. The number of thioether (sulfide) groups is 1. The first kappa shape index (κ1) is 7.23. The molecule has 0 nitrogen and oxygen atoms in total. The lowest BCUT2D eigenvalue weighted by atomic mass is 10.4. The van der Waals surface area contributed by atoms with E-state index in [1.54, 1.807) is 6.08 Å². The van der Waals surface area contributed by atoms with Gasteiger partial charge in [0.1, 0.15) is 5.83 Å². The number of rotatable bonds is 0. The highest BCUT2D eigenvalue weighted by atomic mass is 32.2. The van der Waals surface area contributed by atoms with Crippen molar-refractivity contribution < 1.29 is 8.78 Å². The molecule has 0 aromatic carbocycles. The second-order valence-corrected chi connectivity index (χ2v) is 3.67. The van der Waals surface area contributed by atoms with Crippen LogP contribution >= 0.6 is 21.0 Å². The molecule has 0 radical (unpaired) electrons. The van der Waals surface area contributed by atoms with Gasteiger partial charge in [0.25, 0.3) is 0 Å². The van der Waals surface area contributed by atoms with E-state index in [9.17, 15) is 8.78 Å². The molecule has 0 aromatic rings. The fourth-order valence-corrected chi connectivity index (χ4v) is 1.47. The largest absolute Gasteiger partial charge is 0.208 e. The van der Waals surface area contributed by atoms with E-state index < -0.39 is 11.0 Å². The Kier molecular flexibility index (Phi) is 2.25. The number of allylic oxidation sites excluding steroid dienone is 2. The Labute approximate surface area is 58.6 Å². The normalized spacial score (nSPS) is 20.1. The van der Waals surface area contributed by atoms with Crippen LogP contribution in [0, 0.1) is 0 Å². The van der Waals surface area contributed by atoms with Gasteiger partial charge in [-0.25, -0.2) is 4.39 Å². The molecular weight excluding hydrogens is 161 g/mol. The summed E-state index contributed by atoms with van der Waals surface area (Å²) in [5.74, 6) is -0.661. The smallest absolute Gasteiger partial charge is 0.193 e. The third-order valence-electron chi connectivity index (χ3n) is 0.903. The number of hydrogen-bond acceptors (Lipinski definition) is 1. The Hall–Kier alpha value is 0.120. The molecule has 1 rings (SSSR count). The van der Waals surface area contributed by atoms with Crippen LogP contribution < -0.4 is 0 Å². The Morgan fingerprint density at radius 3 is 2.67 bits per heavy atom. The summed E-state index contributed by atoms with van der Waals surface area (Å²) < 4.78 is 25.2. The maximum absolute atomic E-state index is 12.2. The van der Waals surface area contributed by atoms with Gasteiger partial charge in [-0.2, -0.15) is 4.39 Å². The molecule has 0 amide bonds. The maximum Gasteiger partial charge on any atom is 0.193 e. The van der Waals surface area contributed by atoms with Crippen molar-refractivity contribution in [3.8, 4) is 0 Å². The van der Waals surface area contributed by atoms with E-state index in [0.29, 0.717) is 0 Å². The molecule has 0 aromatic heterocycles. The summed E-state index contributed by atoms with van der Waals surface area (Å²) in [6.07, 6.45) is 1.73. The maximum atomic E-state index is 12.2. The fraction of sp³-hybridized carbons (Fsp3) is 0.200. The van der Waals surface area contributed by atoms with Gasteiger partial charge in [-0.05, 0) is 0 Å².